The van der Waals surface area contributed by atoms with E-state index in [0.717, 1.165) is 5.56 Å². The van der Waals surface area contributed by atoms with Gasteiger partial charge in [0.15, 0.2) is 11.5 Å². The van der Waals surface area contributed by atoms with E-state index >= 15 is 0 Å². The molecule has 3 rings (SSSR count). The topological polar surface area (TPSA) is 105 Å². The number of allylic oxidation sites excluding steroid dienone is 1. The molecule has 3 N–H and O–H groups in total. The molecular weight excluding hydrogens is 472 g/mol. The molecule has 1 atom stereocenters. The third-order valence-electron chi connectivity index (χ3n) is 5.50. The first-order chi connectivity index (χ1) is 17.5. The minimum Gasteiger partial charge on any atom is -0.507 e. The van der Waals surface area contributed by atoms with E-state index in [1.807, 2.05) is 24.3 Å². The van der Waals surface area contributed by atoms with Gasteiger partial charge in [0.1, 0.15) is 17.1 Å². The summed E-state index contributed by atoms with van der Waals surface area (Å²) in [7, 11) is 2.91. The van der Waals surface area contributed by atoms with Crippen LogP contribution in [0.5, 0.6) is 28.7 Å². The number of ether oxygens (including phenoxy) is 3. The lowest BCUT2D eigenvalue weighted by molar-refractivity contribution is -0.150. The number of carbonyl (C=O) groups is 1. The van der Waals surface area contributed by atoms with Gasteiger partial charge in [0, 0.05) is 22.6 Å². The maximum atomic E-state index is 13.5. The zero-order valence-corrected chi connectivity index (χ0v) is 21.6. The van der Waals surface area contributed by atoms with Crippen LogP contribution < -0.4 is 9.47 Å². The van der Waals surface area contributed by atoms with Gasteiger partial charge in [-0.15, -0.1) is 0 Å². The van der Waals surface area contributed by atoms with Gasteiger partial charge < -0.3 is 29.5 Å². The van der Waals surface area contributed by atoms with Crippen LogP contribution in [-0.4, -0.2) is 41.1 Å². The number of benzene rings is 3. The molecule has 37 heavy (non-hydrogen) atoms. The molecule has 0 heterocycles. The smallest absolute Gasteiger partial charge is 0.335 e. The Labute approximate surface area is 216 Å². The van der Waals surface area contributed by atoms with Crippen LogP contribution in [0.15, 0.2) is 72.3 Å². The number of esters is 1. The predicted octanol–water partition coefficient (Wildman–Crippen LogP) is 6.04. The Bertz CT molecular complexity index is 1300. The minimum absolute atomic E-state index is 0.0195. The Kier molecular flexibility index (Phi) is 8.50. The van der Waals surface area contributed by atoms with Gasteiger partial charge in [-0.3, -0.25) is 0 Å². The van der Waals surface area contributed by atoms with E-state index in [4.69, 9.17) is 14.2 Å². The van der Waals surface area contributed by atoms with Crippen LogP contribution in [0.25, 0.3) is 12.2 Å². The van der Waals surface area contributed by atoms with Crippen LogP contribution in [0.2, 0.25) is 0 Å². The number of hydrogen-bond acceptors (Lipinski definition) is 7. The molecule has 0 aliphatic heterocycles. The Morgan fingerprint density at radius 1 is 0.865 bits per heavy atom. The summed E-state index contributed by atoms with van der Waals surface area (Å²) >= 11 is 0. The quantitative estimate of drug-likeness (QED) is 0.254. The molecule has 0 fully saturated rings. The average molecular weight is 505 g/mol. The number of rotatable bonds is 8. The normalized spacial score (nSPS) is 12.8. The van der Waals surface area contributed by atoms with Gasteiger partial charge in [0.25, 0.3) is 0 Å². The maximum Gasteiger partial charge on any atom is 0.335 e. The summed E-state index contributed by atoms with van der Waals surface area (Å²) in [6.45, 7) is 5.27. The summed E-state index contributed by atoms with van der Waals surface area (Å²) in [5.74, 6) is -1.48. The van der Waals surface area contributed by atoms with Gasteiger partial charge in [-0.25, -0.2) is 4.79 Å². The third-order valence-corrected chi connectivity index (χ3v) is 5.50. The molecule has 7 heteroatoms. The molecule has 194 valence electrons. The highest BCUT2D eigenvalue weighted by atomic mass is 16.6. The van der Waals surface area contributed by atoms with Crippen LogP contribution in [-0.2, 0) is 9.53 Å². The molecule has 0 aliphatic carbocycles. The average Bonchev–Trinajstić information content (AvgIpc) is 2.85. The summed E-state index contributed by atoms with van der Waals surface area (Å²) in [4.78, 5) is 13.5. The molecule has 0 radical (unpaired) electrons. The molecule has 7 nitrogen and oxygen atoms in total. The molecule has 3 aromatic carbocycles. The summed E-state index contributed by atoms with van der Waals surface area (Å²) in [5, 5.41) is 31.6. The Hall–Kier alpha value is -4.39. The zero-order chi connectivity index (χ0) is 27.2. The van der Waals surface area contributed by atoms with E-state index < -0.39 is 17.5 Å². The van der Waals surface area contributed by atoms with E-state index in [0.29, 0.717) is 16.9 Å². The molecule has 0 bridgehead atoms. The number of phenolic OH excluding ortho intramolecular Hbond substituents is 3. The standard InChI is InChI=1S/C30H32O7/c1-30(2,3)37-29(34)24(18-20-8-6-7-9-25(20)31)22(15-12-19-10-13-21(35-4)14-11-19)23-16-17-26(32)28(36-5)27(23)33/h6-18,22,31-33H,1-5H3/b15-12+,24-18+. The summed E-state index contributed by atoms with van der Waals surface area (Å²) in [6.07, 6.45) is 5.07. The molecule has 1 unspecified atom stereocenters. The predicted molar refractivity (Wildman–Crippen MR) is 143 cm³/mol. The fourth-order valence-corrected chi connectivity index (χ4v) is 3.71. The first-order valence-electron chi connectivity index (χ1n) is 11.7. The summed E-state index contributed by atoms with van der Waals surface area (Å²) < 4.78 is 16.1. The van der Waals surface area contributed by atoms with E-state index in [1.54, 1.807) is 58.2 Å². The molecule has 0 saturated carbocycles. The van der Waals surface area contributed by atoms with Crippen molar-refractivity contribution < 1.29 is 34.3 Å². The van der Waals surface area contributed by atoms with Crippen LogP contribution in [0, 0.1) is 0 Å². The number of para-hydroxylation sites is 1. The van der Waals surface area contributed by atoms with Gasteiger partial charge in [-0.2, -0.15) is 0 Å². The van der Waals surface area contributed by atoms with Crippen LogP contribution in [0.3, 0.4) is 0 Å². The van der Waals surface area contributed by atoms with E-state index in [9.17, 15) is 20.1 Å². The van der Waals surface area contributed by atoms with Crippen LogP contribution in [0.1, 0.15) is 43.4 Å². The van der Waals surface area contributed by atoms with Gasteiger partial charge in [-0.05, 0) is 56.7 Å². The van der Waals surface area contributed by atoms with Crippen molar-refractivity contribution in [2.75, 3.05) is 14.2 Å². The second kappa shape index (κ2) is 11.6. The van der Waals surface area contributed by atoms with Crippen molar-refractivity contribution in [3.63, 3.8) is 0 Å². The van der Waals surface area contributed by atoms with Crippen molar-refractivity contribution in [3.05, 3.63) is 89.0 Å². The SMILES string of the molecule is COc1ccc(/C=C/C(/C(=C\c2ccccc2O)C(=O)OC(C)(C)C)c2ccc(O)c(OC)c2O)cc1. The van der Waals surface area contributed by atoms with Crippen molar-refractivity contribution in [1.82, 2.24) is 0 Å². The lowest BCUT2D eigenvalue weighted by atomic mass is 9.87. The maximum absolute atomic E-state index is 13.5. The third kappa shape index (κ3) is 6.85. The molecule has 3 aromatic rings. The lowest BCUT2D eigenvalue weighted by Gasteiger charge is -2.24. The van der Waals surface area contributed by atoms with Crippen molar-refractivity contribution in [3.8, 4) is 28.7 Å². The zero-order valence-electron chi connectivity index (χ0n) is 21.6. The van der Waals surface area contributed by atoms with Crippen molar-refractivity contribution in [1.29, 1.82) is 0 Å². The second-order valence-electron chi connectivity index (χ2n) is 9.33. The van der Waals surface area contributed by atoms with E-state index in [1.165, 1.54) is 31.4 Å². The van der Waals surface area contributed by atoms with Crippen molar-refractivity contribution in [2.24, 2.45) is 0 Å². The molecular formula is C30H32O7. The van der Waals surface area contributed by atoms with Gasteiger partial charge in [0.05, 0.1) is 14.2 Å². The Balaban J connectivity index is 2.24. The van der Waals surface area contributed by atoms with Gasteiger partial charge in [0.2, 0.25) is 5.75 Å². The first kappa shape index (κ1) is 27.2. The monoisotopic (exact) mass is 504 g/mol. The Morgan fingerprint density at radius 3 is 2.14 bits per heavy atom. The highest BCUT2D eigenvalue weighted by molar-refractivity contribution is 5.97. The van der Waals surface area contributed by atoms with E-state index in [2.05, 4.69) is 0 Å². The fraction of sp³-hybridized carbons (Fsp3) is 0.233. The second-order valence-corrected chi connectivity index (χ2v) is 9.33. The molecule has 0 amide bonds. The summed E-state index contributed by atoms with van der Waals surface area (Å²) in [5.41, 5.74) is 0.878. The molecule has 0 aliphatic rings. The minimum atomic E-state index is -0.842. The van der Waals surface area contributed by atoms with Crippen LogP contribution in [0.4, 0.5) is 0 Å². The number of hydrogen-bond donors (Lipinski definition) is 3. The highest BCUT2D eigenvalue weighted by Crippen LogP contribution is 2.44. The molecule has 0 spiro atoms. The summed E-state index contributed by atoms with van der Waals surface area (Å²) in [6, 6.07) is 16.8. The number of aromatic hydroxyl groups is 3. The number of phenols is 3. The van der Waals surface area contributed by atoms with Crippen LogP contribution >= 0.6 is 0 Å². The lowest BCUT2D eigenvalue weighted by Crippen LogP contribution is -2.26. The first-order valence-corrected chi connectivity index (χ1v) is 11.7. The molecule has 0 saturated heterocycles. The largest absolute Gasteiger partial charge is 0.507 e. The van der Waals surface area contributed by atoms with E-state index in [-0.39, 0.29) is 28.6 Å². The van der Waals surface area contributed by atoms with Gasteiger partial charge in [-0.1, -0.05) is 48.6 Å². The van der Waals surface area contributed by atoms with Crippen molar-refractivity contribution in [2.45, 2.75) is 32.3 Å². The van der Waals surface area contributed by atoms with Gasteiger partial charge >= 0.3 is 5.97 Å². The van der Waals surface area contributed by atoms with Crippen molar-refractivity contribution >= 4 is 18.1 Å². The number of methoxy groups -OCH3 is 2. The fourth-order valence-electron chi connectivity index (χ4n) is 3.71. The molecule has 0 aromatic heterocycles. The highest BCUT2D eigenvalue weighted by Gasteiger charge is 2.29. The Morgan fingerprint density at radius 2 is 1.54 bits per heavy atom. The number of carbonyl (C=O) groups excluding carboxylic acids is 1.